The lowest BCUT2D eigenvalue weighted by Crippen LogP contribution is -2.20. The summed E-state index contributed by atoms with van der Waals surface area (Å²) in [5.41, 5.74) is 7.11. The van der Waals surface area contributed by atoms with Crippen molar-refractivity contribution in [3.8, 4) is 5.75 Å². The van der Waals surface area contributed by atoms with E-state index in [0.717, 1.165) is 18.2 Å². The Balaban J connectivity index is 1.98. The van der Waals surface area contributed by atoms with E-state index in [1.807, 2.05) is 13.8 Å². The summed E-state index contributed by atoms with van der Waals surface area (Å²) in [4.78, 5) is 0. The molecule has 0 atom stereocenters. The number of nitrogens with one attached hydrogen (secondary N) is 1. The van der Waals surface area contributed by atoms with Crippen molar-refractivity contribution in [2.45, 2.75) is 52.6 Å². The average Bonchev–Trinajstić information content (AvgIpc) is 2.42. The second-order valence-corrected chi connectivity index (χ2v) is 6.54. The van der Waals surface area contributed by atoms with Crippen LogP contribution in [0.15, 0.2) is 12.1 Å². The molecule has 0 aromatic heterocycles. The molecule has 3 nitrogen and oxygen atoms in total. The highest BCUT2D eigenvalue weighted by Crippen LogP contribution is 2.31. The molecule has 1 aromatic carbocycles. The molecule has 0 spiro atoms. The van der Waals surface area contributed by atoms with Gasteiger partial charge in [0.25, 0.3) is 0 Å². The highest BCUT2D eigenvalue weighted by molar-refractivity contribution is 5.68. The quantitative estimate of drug-likeness (QED) is 0.790. The maximum Gasteiger partial charge on any atom is 0.167 e. The van der Waals surface area contributed by atoms with Crippen molar-refractivity contribution in [2.24, 2.45) is 11.8 Å². The Hall–Kier alpha value is -1.45. The first kappa shape index (κ1) is 15.9. The Kier molecular flexibility index (Phi) is 5.32. The van der Waals surface area contributed by atoms with E-state index in [1.54, 1.807) is 6.07 Å². The molecule has 0 aliphatic heterocycles. The van der Waals surface area contributed by atoms with Crippen molar-refractivity contribution < 1.29 is 9.13 Å². The molecular weight excluding hydrogens is 267 g/mol. The number of nitrogens with two attached hydrogens (primary N) is 1. The molecule has 0 amide bonds. The molecule has 1 fully saturated rings. The summed E-state index contributed by atoms with van der Waals surface area (Å²) in [6.07, 6.45) is 5.05. The van der Waals surface area contributed by atoms with Gasteiger partial charge in [0.15, 0.2) is 11.6 Å². The fraction of sp³-hybridized carbons (Fsp3) is 0.647. The van der Waals surface area contributed by atoms with Crippen LogP contribution in [0, 0.1) is 17.7 Å². The maximum absolute atomic E-state index is 13.8. The van der Waals surface area contributed by atoms with Gasteiger partial charge >= 0.3 is 0 Å². The first-order chi connectivity index (χ1) is 9.95. The number of halogens is 1. The van der Waals surface area contributed by atoms with Gasteiger partial charge in [-0.15, -0.1) is 0 Å². The zero-order valence-electron chi connectivity index (χ0n) is 13.3. The van der Waals surface area contributed by atoms with Gasteiger partial charge < -0.3 is 15.8 Å². The van der Waals surface area contributed by atoms with Crippen LogP contribution in [0.5, 0.6) is 5.75 Å². The van der Waals surface area contributed by atoms with Gasteiger partial charge in [0.2, 0.25) is 0 Å². The molecule has 1 aliphatic carbocycles. The van der Waals surface area contributed by atoms with Crippen LogP contribution in [0.4, 0.5) is 15.8 Å². The molecule has 2 rings (SSSR count). The highest BCUT2D eigenvalue weighted by atomic mass is 19.1. The lowest BCUT2D eigenvalue weighted by Gasteiger charge is -2.27. The summed E-state index contributed by atoms with van der Waals surface area (Å²) >= 11 is 0. The second kappa shape index (κ2) is 7.01. The number of nitrogen functional groups attached to an aromatic ring is 1. The van der Waals surface area contributed by atoms with Crippen LogP contribution in [0.2, 0.25) is 0 Å². The van der Waals surface area contributed by atoms with Gasteiger partial charge in [0, 0.05) is 18.7 Å². The Bertz CT molecular complexity index is 468. The van der Waals surface area contributed by atoms with E-state index in [1.165, 1.54) is 31.7 Å². The Labute approximate surface area is 127 Å². The van der Waals surface area contributed by atoms with Crippen molar-refractivity contribution in [1.29, 1.82) is 0 Å². The summed E-state index contributed by atoms with van der Waals surface area (Å²) < 4.78 is 19.3. The topological polar surface area (TPSA) is 47.3 Å². The highest BCUT2D eigenvalue weighted by Gasteiger charge is 2.18. The summed E-state index contributed by atoms with van der Waals surface area (Å²) in [6, 6.07) is 3.01. The third-order valence-corrected chi connectivity index (χ3v) is 4.18. The van der Waals surface area contributed by atoms with Gasteiger partial charge in [-0.1, -0.05) is 19.8 Å². The zero-order valence-corrected chi connectivity index (χ0v) is 13.3. The van der Waals surface area contributed by atoms with Crippen LogP contribution in [0.25, 0.3) is 0 Å². The fourth-order valence-electron chi connectivity index (χ4n) is 2.85. The molecule has 0 radical (unpaired) electrons. The van der Waals surface area contributed by atoms with Crippen molar-refractivity contribution in [2.75, 3.05) is 17.6 Å². The molecule has 0 saturated heterocycles. The average molecular weight is 294 g/mol. The molecule has 1 aromatic rings. The molecule has 3 N–H and O–H groups in total. The predicted octanol–water partition coefficient (Wildman–Crippen LogP) is 4.43. The maximum atomic E-state index is 13.8. The van der Waals surface area contributed by atoms with E-state index >= 15 is 0 Å². The van der Waals surface area contributed by atoms with Gasteiger partial charge in [-0.3, -0.25) is 0 Å². The van der Waals surface area contributed by atoms with Crippen LogP contribution in [-0.2, 0) is 0 Å². The van der Waals surface area contributed by atoms with E-state index in [9.17, 15) is 4.39 Å². The molecule has 1 saturated carbocycles. The minimum absolute atomic E-state index is 0.0594. The molecule has 0 unspecified atom stereocenters. The Morgan fingerprint density at radius 2 is 1.95 bits per heavy atom. The third kappa shape index (κ3) is 4.51. The van der Waals surface area contributed by atoms with Gasteiger partial charge in [-0.05, 0) is 38.5 Å². The van der Waals surface area contributed by atoms with E-state index < -0.39 is 5.82 Å². The SMILES string of the molecule is CC1CCC(CNc2cc(OC(C)C)c(F)cc2N)CC1. The summed E-state index contributed by atoms with van der Waals surface area (Å²) in [5.74, 6) is 1.39. The van der Waals surface area contributed by atoms with Crippen molar-refractivity contribution in [1.82, 2.24) is 0 Å². The van der Waals surface area contributed by atoms with Crippen molar-refractivity contribution in [3.05, 3.63) is 17.9 Å². The molecule has 118 valence electrons. The third-order valence-electron chi connectivity index (χ3n) is 4.18. The number of hydrogen-bond donors (Lipinski definition) is 2. The van der Waals surface area contributed by atoms with Crippen LogP contribution in [0.1, 0.15) is 46.5 Å². The molecule has 1 aliphatic rings. The molecule has 21 heavy (non-hydrogen) atoms. The molecule has 0 bridgehead atoms. The second-order valence-electron chi connectivity index (χ2n) is 6.54. The van der Waals surface area contributed by atoms with Crippen molar-refractivity contribution in [3.63, 3.8) is 0 Å². The molecular formula is C17H27FN2O. The van der Waals surface area contributed by atoms with Gasteiger partial charge in [-0.2, -0.15) is 0 Å². The van der Waals surface area contributed by atoms with Crippen LogP contribution in [-0.4, -0.2) is 12.6 Å². The van der Waals surface area contributed by atoms with Gasteiger partial charge in [0.1, 0.15) is 0 Å². The minimum atomic E-state index is -0.404. The van der Waals surface area contributed by atoms with E-state index in [-0.39, 0.29) is 11.9 Å². The number of benzene rings is 1. The summed E-state index contributed by atoms with van der Waals surface area (Å²) in [5, 5.41) is 3.37. The standard InChI is InChI=1S/C17H27FN2O/c1-11(2)21-17-9-16(15(19)8-14(17)18)20-10-13-6-4-12(3)5-7-13/h8-9,11-13,20H,4-7,10,19H2,1-3H3. The van der Waals surface area contributed by atoms with Gasteiger partial charge in [-0.25, -0.2) is 4.39 Å². The largest absolute Gasteiger partial charge is 0.488 e. The lowest BCUT2D eigenvalue weighted by atomic mass is 9.83. The predicted molar refractivity (Wildman–Crippen MR) is 86.2 cm³/mol. The number of anilines is 2. The zero-order chi connectivity index (χ0) is 15.4. The smallest absolute Gasteiger partial charge is 0.167 e. The first-order valence-electron chi connectivity index (χ1n) is 7.95. The number of ether oxygens (including phenoxy) is 1. The Morgan fingerprint density at radius 1 is 1.29 bits per heavy atom. The summed E-state index contributed by atoms with van der Waals surface area (Å²) in [6.45, 7) is 6.97. The minimum Gasteiger partial charge on any atom is -0.488 e. The monoisotopic (exact) mass is 294 g/mol. The number of rotatable bonds is 5. The normalized spacial score (nSPS) is 22.3. The molecule has 0 heterocycles. The first-order valence-corrected chi connectivity index (χ1v) is 7.95. The van der Waals surface area contributed by atoms with E-state index in [2.05, 4.69) is 12.2 Å². The van der Waals surface area contributed by atoms with E-state index in [4.69, 9.17) is 10.5 Å². The molecule has 4 heteroatoms. The Morgan fingerprint density at radius 3 is 2.57 bits per heavy atom. The van der Waals surface area contributed by atoms with Gasteiger partial charge in [0.05, 0.1) is 17.5 Å². The van der Waals surface area contributed by atoms with Crippen LogP contribution >= 0.6 is 0 Å². The lowest BCUT2D eigenvalue weighted by molar-refractivity contribution is 0.231. The van der Waals surface area contributed by atoms with E-state index in [0.29, 0.717) is 11.6 Å². The van der Waals surface area contributed by atoms with Crippen LogP contribution in [0.3, 0.4) is 0 Å². The fourth-order valence-corrected chi connectivity index (χ4v) is 2.85. The number of hydrogen-bond acceptors (Lipinski definition) is 3. The van der Waals surface area contributed by atoms with Crippen LogP contribution < -0.4 is 15.8 Å². The van der Waals surface area contributed by atoms with Crippen molar-refractivity contribution >= 4 is 11.4 Å². The summed E-state index contributed by atoms with van der Waals surface area (Å²) in [7, 11) is 0.